The highest BCUT2D eigenvalue weighted by molar-refractivity contribution is 6.30. The number of furan rings is 1. The minimum atomic E-state index is -0.235. The Morgan fingerprint density at radius 2 is 1.13 bits per heavy atom. The maximum Gasteiger partial charge on any atom is 0.146 e. The molecule has 1 aliphatic rings. The second kappa shape index (κ2) is 11.1. The lowest BCUT2D eigenvalue weighted by atomic mass is 9.81. The molecule has 250 valence electrons. The van der Waals surface area contributed by atoms with Crippen LogP contribution in [0.4, 0.5) is 0 Å². The molecule has 3 aromatic heterocycles. The molecule has 0 radical (unpaired) electrons. The van der Waals surface area contributed by atoms with E-state index < -0.39 is 0 Å². The first-order valence-electron chi connectivity index (χ1n) is 18.3. The van der Waals surface area contributed by atoms with Gasteiger partial charge in [0.2, 0.25) is 0 Å². The van der Waals surface area contributed by atoms with Gasteiger partial charge in [0, 0.05) is 38.4 Å². The molecule has 3 heteroatoms. The van der Waals surface area contributed by atoms with Gasteiger partial charge >= 0.3 is 0 Å². The van der Waals surface area contributed by atoms with Gasteiger partial charge in [-0.3, -0.25) is 0 Å². The summed E-state index contributed by atoms with van der Waals surface area (Å²) in [5.41, 5.74) is 16.8. The zero-order valence-electron chi connectivity index (χ0n) is 29.5. The highest BCUT2D eigenvalue weighted by Gasteiger charge is 2.41. The van der Waals surface area contributed by atoms with Crippen LogP contribution in [-0.2, 0) is 5.41 Å². The predicted octanol–water partition coefficient (Wildman–Crippen LogP) is 13.4. The predicted molar refractivity (Wildman–Crippen MR) is 220 cm³/mol. The topological polar surface area (TPSA) is 31.0 Å². The maximum absolute atomic E-state index is 6.88. The molecule has 1 aliphatic carbocycles. The zero-order chi connectivity index (χ0) is 35.3. The van der Waals surface area contributed by atoms with Crippen molar-refractivity contribution in [3.63, 3.8) is 0 Å². The van der Waals surface area contributed by atoms with E-state index in [-0.39, 0.29) is 5.41 Å². The fourth-order valence-electron chi connectivity index (χ4n) is 8.96. The van der Waals surface area contributed by atoms with Gasteiger partial charge < -0.3 is 8.98 Å². The van der Waals surface area contributed by atoms with Crippen LogP contribution in [0, 0.1) is 0 Å². The molecule has 0 unspecified atom stereocenters. The van der Waals surface area contributed by atoms with E-state index in [4.69, 9.17) is 9.40 Å². The number of aromatic nitrogens is 2. The number of hydrogen-bond acceptors (Lipinski definition) is 2. The van der Waals surface area contributed by atoms with E-state index in [0.29, 0.717) is 0 Å². The van der Waals surface area contributed by atoms with Gasteiger partial charge in [-0.15, -0.1) is 0 Å². The Bertz CT molecular complexity index is 3000. The number of hydrogen-bond donors (Lipinski definition) is 0. The summed E-state index contributed by atoms with van der Waals surface area (Å²) in [7, 11) is 0. The van der Waals surface area contributed by atoms with Crippen molar-refractivity contribution in [1.82, 2.24) is 9.55 Å². The third-order valence-corrected chi connectivity index (χ3v) is 11.4. The van der Waals surface area contributed by atoms with Gasteiger partial charge in [0.1, 0.15) is 11.2 Å². The van der Waals surface area contributed by atoms with Gasteiger partial charge in [0.05, 0.1) is 27.8 Å². The van der Waals surface area contributed by atoms with Crippen LogP contribution in [0.5, 0.6) is 0 Å². The van der Waals surface area contributed by atoms with Crippen LogP contribution < -0.4 is 0 Å². The Kier molecular flexibility index (Phi) is 6.30. The third-order valence-electron chi connectivity index (χ3n) is 11.4. The molecule has 0 spiro atoms. The number of benzene rings is 7. The summed E-state index contributed by atoms with van der Waals surface area (Å²) in [6.07, 6.45) is 0. The summed E-state index contributed by atoms with van der Waals surface area (Å²) in [5.74, 6) is 0. The van der Waals surface area contributed by atoms with Gasteiger partial charge in [0.25, 0.3) is 0 Å². The molecule has 53 heavy (non-hydrogen) atoms. The van der Waals surface area contributed by atoms with Crippen molar-refractivity contribution in [2.75, 3.05) is 0 Å². The zero-order valence-corrected chi connectivity index (χ0v) is 29.5. The van der Waals surface area contributed by atoms with Crippen molar-refractivity contribution in [2.45, 2.75) is 19.3 Å². The number of para-hydroxylation sites is 2. The van der Waals surface area contributed by atoms with Crippen molar-refractivity contribution >= 4 is 43.7 Å². The number of fused-ring (bicyclic) bond motifs is 12. The van der Waals surface area contributed by atoms with E-state index in [1.54, 1.807) is 0 Å². The van der Waals surface area contributed by atoms with E-state index in [1.807, 2.05) is 12.1 Å². The SMILES string of the molecule is CC1(C)c2ccccc2-c2c1c1c(c3ccccc3n1-c1ccc(-c3cc(-c4ccccc4)nc(-c4ccccc4)c3)cc1)c1oc3ccccc3c21. The smallest absolute Gasteiger partial charge is 0.146 e. The van der Waals surface area contributed by atoms with Crippen molar-refractivity contribution in [2.24, 2.45) is 0 Å². The van der Waals surface area contributed by atoms with Crippen molar-refractivity contribution in [3.8, 4) is 50.5 Å². The van der Waals surface area contributed by atoms with Gasteiger partial charge in [-0.25, -0.2) is 4.98 Å². The average Bonchev–Trinajstić information content (AvgIpc) is 3.84. The Hall–Kier alpha value is -6.71. The summed E-state index contributed by atoms with van der Waals surface area (Å²) < 4.78 is 9.36. The first-order chi connectivity index (χ1) is 26.1. The molecule has 0 aliphatic heterocycles. The van der Waals surface area contributed by atoms with E-state index in [1.165, 1.54) is 49.4 Å². The van der Waals surface area contributed by atoms with E-state index in [2.05, 4.69) is 176 Å². The average molecular weight is 679 g/mol. The Morgan fingerprint density at radius 1 is 0.528 bits per heavy atom. The standard InChI is InChI=1S/C50H34N2O/c1-50(2)39-22-12-9-19-36(39)44-45-38-21-11-14-24-43(38)53-49(45)46-37-20-10-13-23-42(37)52(48(46)47(44)50)35-27-25-31(26-28-35)34-29-40(32-15-5-3-6-16-32)51-41(30-34)33-17-7-4-8-18-33/h3-30H,1-2H3. The number of pyridine rings is 1. The molecule has 0 saturated carbocycles. The van der Waals surface area contributed by atoms with Crippen molar-refractivity contribution in [1.29, 1.82) is 0 Å². The van der Waals surface area contributed by atoms with Crippen molar-refractivity contribution < 1.29 is 4.42 Å². The van der Waals surface area contributed by atoms with Crippen molar-refractivity contribution in [3.05, 3.63) is 181 Å². The van der Waals surface area contributed by atoms with Crippen LogP contribution in [0.2, 0.25) is 0 Å². The molecular formula is C50H34N2O. The largest absolute Gasteiger partial charge is 0.455 e. The minimum Gasteiger partial charge on any atom is -0.455 e. The summed E-state index contributed by atoms with van der Waals surface area (Å²) in [6.45, 7) is 4.77. The fourth-order valence-corrected chi connectivity index (χ4v) is 8.96. The van der Waals surface area contributed by atoms with Gasteiger partial charge in [0.15, 0.2) is 0 Å². The monoisotopic (exact) mass is 678 g/mol. The molecule has 0 atom stereocenters. The lowest BCUT2D eigenvalue weighted by molar-refractivity contribution is 0.662. The first-order valence-corrected chi connectivity index (χ1v) is 18.3. The van der Waals surface area contributed by atoms with Crippen LogP contribution in [0.1, 0.15) is 25.0 Å². The third kappa shape index (κ3) is 4.31. The van der Waals surface area contributed by atoms with Crippen LogP contribution in [0.15, 0.2) is 174 Å². The summed E-state index contributed by atoms with van der Waals surface area (Å²) in [5, 5.41) is 4.74. The summed E-state index contributed by atoms with van der Waals surface area (Å²) in [6, 6.07) is 60.6. The Morgan fingerprint density at radius 3 is 1.85 bits per heavy atom. The normalized spacial score (nSPS) is 13.2. The fraction of sp³-hybridized carbons (Fsp3) is 0.0600. The van der Waals surface area contributed by atoms with Gasteiger partial charge in [-0.1, -0.05) is 147 Å². The highest BCUT2D eigenvalue weighted by Crippen LogP contribution is 2.57. The number of rotatable bonds is 4. The van der Waals surface area contributed by atoms with Gasteiger partial charge in [-0.05, 0) is 69.8 Å². The minimum absolute atomic E-state index is 0.235. The molecule has 0 N–H and O–H groups in total. The lowest BCUT2D eigenvalue weighted by Crippen LogP contribution is -2.16. The lowest BCUT2D eigenvalue weighted by Gasteiger charge is -2.24. The molecule has 3 heterocycles. The number of nitrogens with zero attached hydrogens (tertiary/aromatic N) is 2. The molecule has 11 rings (SSSR count). The van der Waals surface area contributed by atoms with Crippen LogP contribution in [0.3, 0.4) is 0 Å². The summed E-state index contributed by atoms with van der Waals surface area (Å²) >= 11 is 0. The second-order valence-electron chi connectivity index (χ2n) is 14.7. The van der Waals surface area contributed by atoms with Crippen LogP contribution >= 0.6 is 0 Å². The van der Waals surface area contributed by atoms with E-state index in [0.717, 1.165) is 55.9 Å². The molecule has 0 saturated heterocycles. The first kappa shape index (κ1) is 30.0. The molecule has 0 bridgehead atoms. The molecule has 3 nitrogen and oxygen atoms in total. The molecule has 10 aromatic rings. The Balaban J connectivity index is 1.18. The highest BCUT2D eigenvalue weighted by atomic mass is 16.3. The van der Waals surface area contributed by atoms with Gasteiger partial charge in [-0.2, -0.15) is 0 Å². The van der Waals surface area contributed by atoms with Crippen LogP contribution in [-0.4, -0.2) is 9.55 Å². The maximum atomic E-state index is 6.88. The summed E-state index contributed by atoms with van der Waals surface area (Å²) in [4.78, 5) is 5.12. The molecule has 0 fully saturated rings. The molecule has 7 aromatic carbocycles. The molecular weight excluding hydrogens is 645 g/mol. The van der Waals surface area contributed by atoms with Crippen LogP contribution in [0.25, 0.3) is 94.2 Å². The molecule has 0 amide bonds. The van der Waals surface area contributed by atoms with E-state index in [9.17, 15) is 0 Å². The Labute approximate surface area is 307 Å². The quantitative estimate of drug-likeness (QED) is 0.185. The van der Waals surface area contributed by atoms with E-state index >= 15 is 0 Å². The second-order valence-corrected chi connectivity index (χ2v) is 14.7.